The molecule has 3 aromatic carbocycles. The first kappa shape index (κ1) is 51.1. The number of rotatable bonds is 8. The summed E-state index contributed by atoms with van der Waals surface area (Å²) in [4.78, 5) is -1.16. The first-order chi connectivity index (χ1) is 29.3. The monoisotopic (exact) mass is 982 g/mol. The van der Waals surface area contributed by atoms with E-state index < -0.39 is 107 Å². The van der Waals surface area contributed by atoms with Crippen LogP contribution in [0.4, 0.5) is 61.5 Å². The molecule has 18 heteroatoms. The number of fused-ring (bicyclic) bond motifs is 2. The van der Waals surface area contributed by atoms with Crippen molar-refractivity contribution in [1.29, 1.82) is 0 Å². The zero-order valence-corrected chi connectivity index (χ0v) is 40.4. The van der Waals surface area contributed by atoms with Gasteiger partial charge in [0.2, 0.25) is 0 Å². The van der Waals surface area contributed by atoms with Crippen LogP contribution in [0.5, 0.6) is 0 Å². The van der Waals surface area contributed by atoms with Crippen LogP contribution < -0.4 is 0 Å². The van der Waals surface area contributed by atoms with E-state index in [2.05, 4.69) is 22.9 Å². The number of hydrogen-bond acceptors (Lipinski definition) is 2. The minimum atomic E-state index is -5.82. The molecule has 5 aromatic rings. The van der Waals surface area contributed by atoms with E-state index in [4.69, 9.17) is 0 Å². The van der Waals surface area contributed by atoms with Crippen LogP contribution in [0.1, 0.15) is 105 Å². The summed E-state index contributed by atoms with van der Waals surface area (Å²) >= 11 is 0.975. The summed E-state index contributed by atoms with van der Waals surface area (Å²) < 4.78 is 206. The van der Waals surface area contributed by atoms with Crippen LogP contribution in [0.25, 0.3) is 41.1 Å². The van der Waals surface area contributed by atoms with Gasteiger partial charge in [0, 0.05) is 20.5 Å². The zero-order chi connectivity index (χ0) is 48.7. The quantitative estimate of drug-likeness (QED) is 0.0629. The molecular weight excluding hydrogens is 939 g/mol. The predicted molar refractivity (Wildman–Crippen MR) is 234 cm³/mol. The maximum atomic E-state index is 15.8. The van der Waals surface area contributed by atoms with Crippen molar-refractivity contribution < 1.29 is 61.5 Å². The lowest BCUT2D eigenvalue weighted by atomic mass is 10.0. The van der Waals surface area contributed by atoms with Gasteiger partial charge < -0.3 is 0 Å². The van der Waals surface area contributed by atoms with Gasteiger partial charge >= 0.3 is 12.4 Å². The molecule has 0 amide bonds. The van der Waals surface area contributed by atoms with Crippen molar-refractivity contribution in [2.45, 2.75) is 129 Å². The summed E-state index contributed by atoms with van der Waals surface area (Å²) in [6, 6.07) is 2.11. The molecule has 0 unspecified atom stereocenters. The fraction of sp³-hybridized carbons (Fsp3) is 0.435. The van der Waals surface area contributed by atoms with Gasteiger partial charge in [0.25, 0.3) is 0 Å². The van der Waals surface area contributed by atoms with Crippen molar-refractivity contribution in [3.05, 3.63) is 80.9 Å². The highest BCUT2D eigenvalue weighted by molar-refractivity contribution is 7.24. The van der Waals surface area contributed by atoms with E-state index in [0.717, 1.165) is 12.1 Å². The largest absolute Gasteiger partial charge is 0.422 e. The second-order valence-corrected chi connectivity index (χ2v) is 31.0. The van der Waals surface area contributed by atoms with Gasteiger partial charge in [0.15, 0.2) is 46.5 Å². The molecule has 0 aliphatic heterocycles. The average molecular weight is 983 g/mol. The van der Waals surface area contributed by atoms with Gasteiger partial charge in [-0.2, -0.15) is 26.3 Å². The number of hydrogen-bond donors (Lipinski definition) is 0. The van der Waals surface area contributed by atoms with Crippen LogP contribution >= 0.6 is 22.7 Å². The summed E-state index contributed by atoms with van der Waals surface area (Å²) in [5.74, 6) is -13.7. The van der Waals surface area contributed by atoms with Crippen LogP contribution in [0, 0.1) is 69.5 Å². The summed E-state index contributed by atoms with van der Waals surface area (Å²) in [7, 11) is -5.46. The summed E-state index contributed by atoms with van der Waals surface area (Å²) in [6.45, 7) is 23.7. The minimum Gasteiger partial charge on any atom is -0.203 e. The van der Waals surface area contributed by atoms with Gasteiger partial charge in [-0.1, -0.05) is 94.9 Å². The topological polar surface area (TPSA) is 0 Å². The van der Waals surface area contributed by atoms with Crippen LogP contribution in [0.15, 0.2) is 12.1 Å². The molecule has 5 rings (SSSR count). The highest BCUT2D eigenvalue weighted by Crippen LogP contribution is 2.51. The third kappa shape index (κ3) is 8.21. The molecular formula is C46H44F14S2Si2. The fourth-order valence-electron chi connectivity index (χ4n) is 9.67. The molecule has 0 saturated carbocycles. The van der Waals surface area contributed by atoms with Gasteiger partial charge in [0.05, 0.1) is 31.7 Å². The SMILES string of the molecule is CC(C)[Si](C#Cc1c2cc(-c3c(F)c(F)c(C(F)(F)F)c(F)c3F)sc2c(C#C[Si](C(C)C)(C(C)C)C(C)C)c2cc(-c3c(F)c(F)c(C(F)(F)F)c(F)c3F)sc12)(C(C)C)C(C)C. The summed E-state index contributed by atoms with van der Waals surface area (Å²) in [5, 5.41) is 0.0148. The Morgan fingerprint density at radius 1 is 0.406 bits per heavy atom. The van der Waals surface area contributed by atoms with Crippen LogP contribution in [0.3, 0.4) is 0 Å². The summed E-state index contributed by atoms with van der Waals surface area (Å²) in [5.41, 5.74) is -1.57. The van der Waals surface area contributed by atoms with E-state index in [1.807, 2.05) is 83.1 Å². The molecule has 0 N–H and O–H groups in total. The Kier molecular flexibility index (Phi) is 14.2. The lowest BCUT2D eigenvalue weighted by Crippen LogP contribution is -2.43. The average Bonchev–Trinajstić information content (AvgIpc) is 3.78. The van der Waals surface area contributed by atoms with Gasteiger partial charge in [-0.05, 0) is 45.4 Å². The minimum absolute atomic E-state index is 0.00295. The van der Waals surface area contributed by atoms with E-state index in [0.29, 0.717) is 22.7 Å². The van der Waals surface area contributed by atoms with Crippen molar-refractivity contribution >= 4 is 59.0 Å². The number of thiophene rings is 2. The molecule has 2 heterocycles. The van der Waals surface area contributed by atoms with Crippen molar-refractivity contribution in [2.75, 3.05) is 0 Å². The smallest absolute Gasteiger partial charge is 0.203 e. The first-order valence-corrected chi connectivity index (χ1v) is 26.4. The van der Waals surface area contributed by atoms with Gasteiger partial charge in [-0.25, -0.2) is 35.1 Å². The Balaban J connectivity index is 2.12. The third-order valence-electron chi connectivity index (χ3n) is 12.6. The van der Waals surface area contributed by atoms with Crippen molar-refractivity contribution in [3.63, 3.8) is 0 Å². The Hall–Kier alpha value is -3.85. The van der Waals surface area contributed by atoms with E-state index in [1.165, 1.54) is 0 Å². The number of benzene rings is 3. The second-order valence-electron chi connectivity index (χ2n) is 17.8. The maximum absolute atomic E-state index is 15.8. The Bertz CT molecular complexity index is 2440. The van der Waals surface area contributed by atoms with Crippen LogP contribution in [-0.2, 0) is 12.4 Å². The standard InChI is InChI=1S/C46H44F14S2Si2/c1-19(2)63(20(3)4,21(5)6)15-13-25-27-17-29(31-35(47)39(51)33(45(55,56)57)40(52)36(31)48)62-44(27)26(14-16-64(22(7)8,23(9)10)24(11)12)28-18-30(61-43(25)28)32-37(49)41(53)34(46(58,59)60)42(54)38(32)50/h17-24H,1-12H3. The van der Waals surface area contributed by atoms with Gasteiger partial charge in [-0.15, -0.1) is 33.8 Å². The lowest BCUT2D eigenvalue weighted by Gasteiger charge is -2.38. The summed E-state index contributed by atoms with van der Waals surface area (Å²) in [6.07, 6.45) is -11.6. The predicted octanol–water partition coefficient (Wildman–Crippen LogP) is 17.7. The van der Waals surface area contributed by atoms with Crippen LogP contribution in [-0.4, -0.2) is 16.1 Å². The Morgan fingerprint density at radius 2 is 0.641 bits per heavy atom. The third-order valence-corrected chi connectivity index (χ3v) is 27.5. The van der Waals surface area contributed by atoms with Gasteiger partial charge in [0.1, 0.15) is 27.3 Å². The van der Waals surface area contributed by atoms with E-state index in [1.54, 1.807) is 0 Å². The maximum Gasteiger partial charge on any atom is 0.422 e. The molecule has 0 aliphatic rings. The van der Waals surface area contributed by atoms with E-state index in [9.17, 15) is 26.3 Å². The molecule has 0 atom stereocenters. The highest BCUT2D eigenvalue weighted by atomic mass is 32.1. The van der Waals surface area contributed by atoms with Crippen molar-refractivity contribution in [2.24, 2.45) is 0 Å². The molecule has 64 heavy (non-hydrogen) atoms. The molecule has 0 radical (unpaired) electrons. The lowest BCUT2D eigenvalue weighted by molar-refractivity contribution is -0.144. The first-order valence-electron chi connectivity index (χ1n) is 20.3. The Morgan fingerprint density at radius 3 is 0.844 bits per heavy atom. The van der Waals surface area contributed by atoms with Crippen LogP contribution in [0.2, 0.25) is 33.2 Å². The number of halogens is 14. The van der Waals surface area contributed by atoms with E-state index in [-0.39, 0.29) is 64.5 Å². The normalized spacial score (nSPS) is 13.1. The van der Waals surface area contributed by atoms with Crippen molar-refractivity contribution in [3.8, 4) is 43.8 Å². The molecule has 0 aliphatic carbocycles. The Labute approximate surface area is 372 Å². The van der Waals surface area contributed by atoms with Crippen molar-refractivity contribution in [1.82, 2.24) is 0 Å². The molecule has 0 fully saturated rings. The molecule has 2 aromatic heterocycles. The number of alkyl halides is 6. The van der Waals surface area contributed by atoms with E-state index >= 15 is 35.1 Å². The molecule has 0 saturated heterocycles. The highest BCUT2D eigenvalue weighted by Gasteiger charge is 2.46. The zero-order valence-electron chi connectivity index (χ0n) is 36.7. The van der Waals surface area contributed by atoms with Gasteiger partial charge in [-0.3, -0.25) is 0 Å². The fourth-order valence-corrected chi connectivity index (χ4v) is 22.5. The molecule has 0 spiro atoms. The molecule has 0 bridgehead atoms. The second kappa shape index (κ2) is 17.8. The molecule has 346 valence electrons. The molecule has 0 nitrogen and oxygen atoms in total.